The van der Waals surface area contributed by atoms with E-state index in [1.807, 2.05) is 11.8 Å². The van der Waals surface area contributed by atoms with Gasteiger partial charge in [0.05, 0.1) is 58.3 Å². The number of carbonyl (C=O) groups excluding carboxylic acids is 3. The fourth-order valence-electron chi connectivity index (χ4n) is 5.03. The lowest BCUT2D eigenvalue weighted by Gasteiger charge is -2.27. The molecule has 10 nitrogen and oxygen atoms in total. The molecule has 0 unspecified atom stereocenters. The summed E-state index contributed by atoms with van der Waals surface area (Å²) in [7, 11) is 1.60. The van der Waals surface area contributed by atoms with E-state index in [1.165, 1.54) is 19.3 Å². The SMILES string of the molecule is CCCCCCN1C(=O)N[C@H]2CS[C@@H](CCCCC(=O)CCCOCCOCCOCCOCCC(=O)NC)[C@H]21. The Labute approximate surface area is 245 Å². The molecule has 3 atom stereocenters. The second kappa shape index (κ2) is 22.2. The molecule has 0 saturated carbocycles. The van der Waals surface area contributed by atoms with Crippen LogP contribution in [0.4, 0.5) is 4.79 Å². The van der Waals surface area contributed by atoms with Crippen molar-refractivity contribution in [3.05, 3.63) is 0 Å². The van der Waals surface area contributed by atoms with Crippen LogP contribution in [-0.2, 0) is 28.5 Å². The Morgan fingerprint density at radius 3 is 2.17 bits per heavy atom. The van der Waals surface area contributed by atoms with Gasteiger partial charge in [0.1, 0.15) is 5.78 Å². The quantitative estimate of drug-likeness (QED) is 0.117. The number of fused-ring (bicyclic) bond motifs is 1. The molecule has 2 saturated heterocycles. The van der Waals surface area contributed by atoms with Gasteiger partial charge in [0.15, 0.2) is 0 Å². The molecule has 2 aliphatic heterocycles. The molecule has 2 heterocycles. The average Bonchev–Trinajstić information content (AvgIpc) is 3.48. The Bertz CT molecular complexity index is 715. The van der Waals surface area contributed by atoms with Crippen molar-refractivity contribution in [1.82, 2.24) is 15.5 Å². The standard InChI is InChI=1S/C29H53N3O7S/c1-3-4-5-8-14-32-28-25(31-29(32)35)23-40-26(28)12-7-6-10-24(33)11-9-15-36-17-19-38-21-22-39-20-18-37-16-13-27(34)30-2/h25-26,28H,3-23H2,1-2H3,(H,30,34)(H,31,35)/t25-,26-,28-/m0/s1. The topological polar surface area (TPSA) is 115 Å². The van der Waals surface area contributed by atoms with Gasteiger partial charge in [0.25, 0.3) is 0 Å². The molecule has 40 heavy (non-hydrogen) atoms. The van der Waals surface area contributed by atoms with Gasteiger partial charge in [-0.1, -0.05) is 32.6 Å². The van der Waals surface area contributed by atoms with Crippen molar-refractivity contribution in [1.29, 1.82) is 0 Å². The highest BCUT2D eigenvalue weighted by Gasteiger charge is 2.47. The van der Waals surface area contributed by atoms with Crippen molar-refractivity contribution >= 4 is 29.5 Å². The Morgan fingerprint density at radius 1 is 0.850 bits per heavy atom. The molecular formula is C29H53N3O7S. The molecule has 0 bridgehead atoms. The summed E-state index contributed by atoms with van der Waals surface area (Å²) < 4.78 is 21.8. The third-order valence-electron chi connectivity index (χ3n) is 7.27. The number of urea groups is 1. The van der Waals surface area contributed by atoms with Crippen LogP contribution in [0.1, 0.15) is 77.6 Å². The molecule has 2 rings (SSSR count). The highest BCUT2D eigenvalue weighted by Crippen LogP contribution is 2.37. The predicted octanol–water partition coefficient (Wildman–Crippen LogP) is 3.56. The highest BCUT2D eigenvalue weighted by atomic mass is 32.2. The number of hydrogen-bond donors (Lipinski definition) is 2. The normalized spacial score (nSPS) is 20.1. The van der Waals surface area contributed by atoms with Crippen molar-refractivity contribution in [3.8, 4) is 0 Å². The van der Waals surface area contributed by atoms with Gasteiger partial charge in [-0.25, -0.2) is 4.79 Å². The number of amides is 3. The highest BCUT2D eigenvalue weighted by molar-refractivity contribution is 8.00. The van der Waals surface area contributed by atoms with Crippen LogP contribution in [-0.4, -0.2) is 112 Å². The maximum atomic E-state index is 12.4. The summed E-state index contributed by atoms with van der Waals surface area (Å²) in [6, 6.07) is 0.714. The van der Waals surface area contributed by atoms with Crippen LogP contribution in [0.2, 0.25) is 0 Å². The van der Waals surface area contributed by atoms with Crippen LogP contribution in [0.5, 0.6) is 0 Å². The van der Waals surface area contributed by atoms with Gasteiger partial charge in [0, 0.05) is 50.5 Å². The summed E-state index contributed by atoms with van der Waals surface area (Å²) in [6.45, 7) is 6.94. The molecule has 2 aliphatic rings. The lowest BCUT2D eigenvalue weighted by atomic mass is 10.0. The van der Waals surface area contributed by atoms with Gasteiger partial charge < -0.3 is 34.5 Å². The minimum atomic E-state index is -0.0341. The number of nitrogens with one attached hydrogen (secondary N) is 2. The zero-order valence-electron chi connectivity index (χ0n) is 24.8. The Morgan fingerprint density at radius 2 is 1.50 bits per heavy atom. The van der Waals surface area contributed by atoms with Gasteiger partial charge in [-0.05, 0) is 25.7 Å². The Kier molecular flexibility index (Phi) is 19.3. The van der Waals surface area contributed by atoms with Crippen molar-refractivity contribution in [2.24, 2.45) is 0 Å². The van der Waals surface area contributed by atoms with Crippen molar-refractivity contribution in [3.63, 3.8) is 0 Å². The molecule has 2 fully saturated rings. The summed E-state index contributed by atoms with van der Waals surface area (Å²) in [6.07, 6.45) is 10.0. The molecule has 0 aliphatic carbocycles. The van der Waals surface area contributed by atoms with Crippen molar-refractivity contribution < 1.29 is 33.3 Å². The van der Waals surface area contributed by atoms with Crippen LogP contribution in [0.25, 0.3) is 0 Å². The van der Waals surface area contributed by atoms with Crippen LogP contribution in [0.3, 0.4) is 0 Å². The number of ketones is 1. The fraction of sp³-hybridized carbons (Fsp3) is 0.897. The van der Waals surface area contributed by atoms with Crippen molar-refractivity contribution in [2.45, 2.75) is 94.9 Å². The first kappa shape index (κ1) is 34.8. The van der Waals surface area contributed by atoms with Gasteiger partial charge in [-0.3, -0.25) is 9.59 Å². The van der Waals surface area contributed by atoms with Gasteiger partial charge in [-0.15, -0.1) is 0 Å². The first-order chi connectivity index (χ1) is 19.6. The lowest BCUT2D eigenvalue weighted by molar-refractivity contribution is -0.122. The van der Waals surface area contributed by atoms with Gasteiger partial charge in [0.2, 0.25) is 5.91 Å². The number of rotatable bonds is 26. The van der Waals surface area contributed by atoms with Crippen LogP contribution in [0, 0.1) is 0 Å². The van der Waals surface area contributed by atoms with Gasteiger partial charge >= 0.3 is 6.03 Å². The number of carbonyl (C=O) groups is 3. The van der Waals surface area contributed by atoms with Crippen LogP contribution < -0.4 is 10.6 Å². The van der Waals surface area contributed by atoms with E-state index in [0.717, 1.165) is 44.4 Å². The predicted molar refractivity (Wildman–Crippen MR) is 158 cm³/mol. The molecule has 0 aromatic heterocycles. The van der Waals surface area contributed by atoms with Gasteiger partial charge in [-0.2, -0.15) is 11.8 Å². The Hall–Kier alpha value is -1.40. The minimum Gasteiger partial charge on any atom is -0.379 e. The third-order valence-corrected chi connectivity index (χ3v) is 8.77. The van der Waals surface area contributed by atoms with E-state index < -0.39 is 0 Å². The summed E-state index contributed by atoms with van der Waals surface area (Å²) in [5.74, 6) is 1.28. The number of thioether (sulfide) groups is 1. The third kappa shape index (κ3) is 14.5. The molecule has 11 heteroatoms. The number of unbranched alkanes of at least 4 members (excludes halogenated alkanes) is 4. The van der Waals surface area contributed by atoms with Crippen molar-refractivity contribution in [2.75, 3.05) is 72.2 Å². The molecule has 0 aromatic rings. The van der Waals surface area contributed by atoms with E-state index in [2.05, 4.69) is 22.5 Å². The van der Waals surface area contributed by atoms with E-state index in [0.29, 0.717) is 89.2 Å². The first-order valence-corrected chi connectivity index (χ1v) is 16.3. The number of ether oxygens (including phenoxy) is 4. The van der Waals surface area contributed by atoms with Crippen LogP contribution in [0.15, 0.2) is 0 Å². The molecule has 0 aromatic carbocycles. The van der Waals surface area contributed by atoms with E-state index in [-0.39, 0.29) is 18.0 Å². The summed E-state index contributed by atoms with van der Waals surface area (Å²) >= 11 is 1.98. The zero-order valence-corrected chi connectivity index (χ0v) is 25.6. The molecule has 0 spiro atoms. The molecule has 0 radical (unpaired) electrons. The van der Waals surface area contributed by atoms with E-state index in [1.54, 1.807) is 7.05 Å². The summed E-state index contributed by atoms with van der Waals surface area (Å²) in [4.78, 5) is 37.8. The number of hydrogen-bond acceptors (Lipinski definition) is 8. The molecule has 3 amide bonds. The van der Waals surface area contributed by atoms with E-state index in [4.69, 9.17) is 18.9 Å². The summed E-state index contributed by atoms with van der Waals surface area (Å²) in [5.41, 5.74) is 0. The zero-order chi connectivity index (χ0) is 28.8. The largest absolute Gasteiger partial charge is 0.379 e. The second-order valence-corrected chi connectivity index (χ2v) is 11.7. The van der Waals surface area contributed by atoms with Crippen LogP contribution >= 0.6 is 11.8 Å². The molecule has 2 N–H and O–H groups in total. The lowest BCUT2D eigenvalue weighted by Crippen LogP contribution is -2.41. The maximum absolute atomic E-state index is 12.4. The summed E-state index contributed by atoms with van der Waals surface area (Å²) in [5, 5.41) is 6.21. The molecular weight excluding hydrogens is 534 g/mol. The minimum absolute atomic E-state index is 0.0341. The first-order valence-electron chi connectivity index (χ1n) is 15.3. The Balaban J connectivity index is 1.37. The second-order valence-electron chi connectivity index (χ2n) is 10.4. The molecule has 232 valence electrons. The number of Topliss-reactive ketones (excluding diaryl/α,β-unsaturated/α-hetero) is 1. The smallest absolute Gasteiger partial charge is 0.318 e. The monoisotopic (exact) mass is 587 g/mol. The average molecular weight is 588 g/mol. The van der Waals surface area contributed by atoms with E-state index >= 15 is 0 Å². The maximum Gasteiger partial charge on any atom is 0.318 e. The van der Waals surface area contributed by atoms with E-state index in [9.17, 15) is 14.4 Å². The number of nitrogens with zero attached hydrogens (tertiary/aromatic N) is 1. The fourth-order valence-corrected chi connectivity index (χ4v) is 6.64.